The molecule has 0 bridgehead atoms. The lowest BCUT2D eigenvalue weighted by atomic mass is 10.1. The van der Waals surface area contributed by atoms with Crippen LogP contribution in [0.5, 0.6) is 0 Å². The van der Waals surface area contributed by atoms with Crippen LogP contribution in [-0.4, -0.2) is 60.3 Å². The quantitative estimate of drug-likeness (QED) is 0.666. The molecule has 4 nitrogen and oxygen atoms in total. The number of carbonyl (C=O) groups is 1. The molecule has 1 aliphatic rings. The summed E-state index contributed by atoms with van der Waals surface area (Å²) in [6.45, 7) is 1.81. The molecule has 5 heteroatoms. The maximum Gasteiger partial charge on any atom is 0.232 e. The summed E-state index contributed by atoms with van der Waals surface area (Å²) in [5.41, 5.74) is 0. The second-order valence-electron chi connectivity index (χ2n) is 4.29. The number of hydrogen-bond acceptors (Lipinski definition) is 4. The minimum Gasteiger partial charge on any atom is -0.396 e. The summed E-state index contributed by atoms with van der Waals surface area (Å²) in [6, 6.07) is 0.359. The predicted octanol–water partition coefficient (Wildman–Crippen LogP) is 1.13. The van der Waals surface area contributed by atoms with Gasteiger partial charge in [0, 0.05) is 32.1 Å². The first-order valence-electron chi connectivity index (χ1n) is 6.26. The molecule has 0 spiro atoms. The molecule has 1 saturated heterocycles. The maximum atomic E-state index is 12.0. The molecule has 1 unspecified atom stereocenters. The lowest BCUT2D eigenvalue weighted by molar-refractivity contribution is -0.129. The van der Waals surface area contributed by atoms with Crippen molar-refractivity contribution in [2.75, 3.05) is 38.4 Å². The molecule has 0 aliphatic carbocycles. The van der Waals surface area contributed by atoms with E-state index in [4.69, 9.17) is 9.84 Å². The highest BCUT2D eigenvalue weighted by Crippen LogP contribution is 2.22. The molecule has 17 heavy (non-hydrogen) atoms. The average Bonchev–Trinajstić information content (AvgIpc) is 2.80. The van der Waals surface area contributed by atoms with Crippen LogP contribution in [0.25, 0.3) is 0 Å². The van der Waals surface area contributed by atoms with Crippen LogP contribution in [0.2, 0.25) is 0 Å². The third-order valence-corrected chi connectivity index (χ3v) is 3.96. The molecule has 1 aliphatic heterocycles. The van der Waals surface area contributed by atoms with Gasteiger partial charge in [0.2, 0.25) is 5.91 Å². The summed E-state index contributed by atoms with van der Waals surface area (Å²) in [6.07, 6.45) is 3.93. The molecule has 1 atom stereocenters. The molecule has 0 aromatic heterocycles. The number of amides is 1. The fourth-order valence-corrected chi connectivity index (χ4v) is 2.95. The Balaban J connectivity index is 2.24. The second-order valence-corrected chi connectivity index (χ2v) is 5.40. The molecule has 1 amide bonds. The van der Waals surface area contributed by atoms with Crippen molar-refractivity contribution in [3.63, 3.8) is 0 Å². The number of aliphatic hydroxyl groups excluding tert-OH is 1. The number of aliphatic hydroxyl groups is 1. The van der Waals surface area contributed by atoms with Crippen LogP contribution in [0.3, 0.4) is 0 Å². The van der Waals surface area contributed by atoms with E-state index in [1.807, 2.05) is 4.90 Å². The van der Waals surface area contributed by atoms with Crippen molar-refractivity contribution in [1.82, 2.24) is 4.90 Å². The van der Waals surface area contributed by atoms with E-state index < -0.39 is 0 Å². The molecule has 1 fully saturated rings. The van der Waals surface area contributed by atoms with Gasteiger partial charge in [-0.25, -0.2) is 0 Å². The smallest absolute Gasteiger partial charge is 0.232 e. The number of methoxy groups -OCH3 is 1. The van der Waals surface area contributed by atoms with Crippen molar-refractivity contribution in [2.24, 2.45) is 0 Å². The first-order chi connectivity index (χ1) is 8.29. The van der Waals surface area contributed by atoms with Gasteiger partial charge in [0.25, 0.3) is 0 Å². The Morgan fingerprint density at radius 2 is 2.41 bits per heavy atom. The first-order valence-corrected chi connectivity index (χ1v) is 7.42. The van der Waals surface area contributed by atoms with Crippen molar-refractivity contribution in [2.45, 2.75) is 31.7 Å². The topological polar surface area (TPSA) is 49.8 Å². The number of ether oxygens (including phenoxy) is 1. The van der Waals surface area contributed by atoms with E-state index in [1.165, 1.54) is 0 Å². The Morgan fingerprint density at radius 3 is 3.12 bits per heavy atom. The number of likely N-dealkylation sites (tertiary alicyclic amines) is 1. The Kier molecular flexibility index (Phi) is 7.64. The SMILES string of the molecule is COCCSCC(=O)N1CCCC1CCCO. The Bertz CT molecular complexity index is 226. The Labute approximate surface area is 108 Å². The highest BCUT2D eigenvalue weighted by atomic mass is 32.2. The zero-order chi connectivity index (χ0) is 12.5. The predicted molar refractivity (Wildman–Crippen MR) is 70.3 cm³/mol. The standard InChI is InChI=1S/C12H23NO3S/c1-16-8-9-17-10-12(15)13-6-2-4-11(13)5-3-7-14/h11,14H,2-10H2,1H3. The van der Waals surface area contributed by atoms with Crippen molar-refractivity contribution < 1.29 is 14.6 Å². The van der Waals surface area contributed by atoms with Crippen LogP contribution in [-0.2, 0) is 9.53 Å². The maximum absolute atomic E-state index is 12.0. The van der Waals surface area contributed by atoms with E-state index in [2.05, 4.69) is 0 Å². The van der Waals surface area contributed by atoms with Crippen LogP contribution in [0.1, 0.15) is 25.7 Å². The zero-order valence-electron chi connectivity index (χ0n) is 10.6. The van der Waals surface area contributed by atoms with E-state index in [0.717, 1.165) is 38.0 Å². The summed E-state index contributed by atoms with van der Waals surface area (Å²) in [5, 5.41) is 8.83. The number of nitrogens with zero attached hydrogens (tertiary/aromatic N) is 1. The molecule has 0 aromatic carbocycles. The van der Waals surface area contributed by atoms with Crippen molar-refractivity contribution in [1.29, 1.82) is 0 Å². The first kappa shape index (κ1) is 14.8. The molecule has 0 radical (unpaired) electrons. The summed E-state index contributed by atoms with van der Waals surface area (Å²) >= 11 is 1.63. The van der Waals surface area contributed by atoms with Gasteiger partial charge < -0.3 is 14.7 Å². The van der Waals surface area contributed by atoms with E-state index in [1.54, 1.807) is 18.9 Å². The van der Waals surface area contributed by atoms with Gasteiger partial charge in [-0.15, -0.1) is 11.8 Å². The summed E-state index contributed by atoms with van der Waals surface area (Å²) in [7, 11) is 1.67. The second kappa shape index (κ2) is 8.78. The Hall–Kier alpha value is -0.260. The monoisotopic (exact) mass is 261 g/mol. The third kappa shape index (κ3) is 5.27. The highest BCUT2D eigenvalue weighted by Gasteiger charge is 2.27. The van der Waals surface area contributed by atoms with Gasteiger partial charge in [-0.05, 0) is 25.7 Å². The van der Waals surface area contributed by atoms with Gasteiger partial charge in [0.15, 0.2) is 0 Å². The summed E-state index contributed by atoms with van der Waals surface area (Å²) < 4.78 is 4.95. The molecule has 1 N–H and O–H groups in total. The molecular formula is C12H23NO3S. The van der Waals surface area contributed by atoms with E-state index >= 15 is 0 Å². The fraction of sp³-hybridized carbons (Fsp3) is 0.917. The highest BCUT2D eigenvalue weighted by molar-refractivity contribution is 7.99. The molecule has 0 aromatic rings. The van der Waals surface area contributed by atoms with Crippen LogP contribution < -0.4 is 0 Å². The van der Waals surface area contributed by atoms with Crippen molar-refractivity contribution >= 4 is 17.7 Å². The van der Waals surface area contributed by atoms with Gasteiger partial charge in [-0.1, -0.05) is 0 Å². The van der Waals surface area contributed by atoms with E-state index in [9.17, 15) is 4.79 Å². The van der Waals surface area contributed by atoms with Gasteiger partial charge >= 0.3 is 0 Å². The lowest BCUT2D eigenvalue weighted by Crippen LogP contribution is -2.36. The van der Waals surface area contributed by atoms with Gasteiger partial charge in [0.1, 0.15) is 0 Å². The number of hydrogen-bond donors (Lipinski definition) is 1. The van der Waals surface area contributed by atoms with Crippen LogP contribution in [0, 0.1) is 0 Å². The molecular weight excluding hydrogens is 238 g/mol. The summed E-state index contributed by atoms with van der Waals surface area (Å²) in [4.78, 5) is 14.0. The molecule has 0 saturated carbocycles. The van der Waals surface area contributed by atoms with Crippen molar-refractivity contribution in [3.05, 3.63) is 0 Å². The van der Waals surface area contributed by atoms with Crippen LogP contribution in [0.4, 0.5) is 0 Å². The van der Waals surface area contributed by atoms with E-state index in [-0.39, 0.29) is 12.5 Å². The molecule has 100 valence electrons. The van der Waals surface area contributed by atoms with Gasteiger partial charge in [-0.3, -0.25) is 4.79 Å². The minimum absolute atomic E-state index is 0.223. The number of rotatable bonds is 8. The Morgan fingerprint density at radius 1 is 1.59 bits per heavy atom. The minimum atomic E-state index is 0.223. The van der Waals surface area contributed by atoms with E-state index in [0.29, 0.717) is 18.4 Å². The van der Waals surface area contributed by atoms with Crippen molar-refractivity contribution in [3.8, 4) is 0 Å². The molecule has 1 rings (SSSR count). The summed E-state index contributed by atoms with van der Waals surface area (Å²) in [5.74, 6) is 1.67. The average molecular weight is 261 g/mol. The molecule has 1 heterocycles. The van der Waals surface area contributed by atoms with Gasteiger partial charge in [-0.2, -0.15) is 0 Å². The fourth-order valence-electron chi connectivity index (χ4n) is 2.18. The van der Waals surface area contributed by atoms with Gasteiger partial charge in [0.05, 0.1) is 12.4 Å². The normalized spacial score (nSPS) is 19.9. The lowest BCUT2D eigenvalue weighted by Gasteiger charge is -2.24. The van der Waals surface area contributed by atoms with Crippen LogP contribution >= 0.6 is 11.8 Å². The number of carbonyl (C=O) groups excluding carboxylic acids is 1. The number of thioether (sulfide) groups is 1. The zero-order valence-corrected chi connectivity index (χ0v) is 11.4. The van der Waals surface area contributed by atoms with Crippen LogP contribution in [0.15, 0.2) is 0 Å². The third-order valence-electron chi connectivity index (χ3n) is 3.05. The largest absolute Gasteiger partial charge is 0.396 e.